The number of aromatic nitrogens is 1. The molecule has 0 saturated heterocycles. The highest BCUT2D eigenvalue weighted by Crippen LogP contribution is 2.29. The molecule has 0 spiro atoms. The van der Waals surface area contributed by atoms with Crippen molar-refractivity contribution in [2.75, 3.05) is 4.72 Å². The molecule has 1 aromatic heterocycles. The smallest absolute Gasteiger partial charge is 0.291 e. The van der Waals surface area contributed by atoms with Crippen LogP contribution in [0.15, 0.2) is 106 Å². The Kier molecular flexibility index (Phi) is 6.77. The number of sulfonamides is 1. The Morgan fingerprint density at radius 2 is 1.48 bits per heavy atom. The summed E-state index contributed by atoms with van der Waals surface area (Å²) in [6, 6.07) is 20.1. The number of hydrogen-bond acceptors (Lipinski definition) is 10. The van der Waals surface area contributed by atoms with E-state index < -0.39 is 33.5 Å². The number of azo groups is 1. The van der Waals surface area contributed by atoms with Gasteiger partial charge in [0.25, 0.3) is 27.7 Å². The molecule has 4 aromatic rings. The molecule has 1 aliphatic rings. The van der Waals surface area contributed by atoms with Crippen LogP contribution in [0.3, 0.4) is 0 Å². The molecule has 3 amide bonds. The molecule has 0 radical (unpaired) electrons. The highest BCUT2D eigenvalue weighted by Gasteiger charge is 2.41. The fraction of sp³-hybridized carbons (Fsp3) is 0. The number of carbonyl (C=O) groups is 3. The van der Waals surface area contributed by atoms with Crippen molar-refractivity contribution in [1.82, 2.24) is 15.1 Å². The number of hydrogen-bond donors (Lipinski definition) is 3. The molecule has 3 aromatic carbocycles. The van der Waals surface area contributed by atoms with Crippen molar-refractivity contribution in [2.24, 2.45) is 16.1 Å². The third-order valence-corrected chi connectivity index (χ3v) is 7.11. The van der Waals surface area contributed by atoms with Crippen molar-refractivity contribution in [3.05, 3.63) is 108 Å². The lowest BCUT2D eigenvalue weighted by atomic mass is 10.1. The maximum absolute atomic E-state index is 13.0. The number of nitrogens with one attached hydrogen (secondary N) is 1. The third-order valence-electron chi connectivity index (χ3n) is 5.74. The van der Waals surface area contributed by atoms with Crippen molar-refractivity contribution in [3.8, 4) is 5.75 Å². The number of phenolic OH excluding ortho intramolecular Hbond substituents is 1. The third kappa shape index (κ3) is 4.99. The van der Waals surface area contributed by atoms with Crippen molar-refractivity contribution in [1.29, 1.82) is 0 Å². The molecule has 4 N–H and O–H groups in total. The minimum absolute atomic E-state index is 0.0224. The number of amides is 3. The minimum Gasteiger partial charge on any atom is -0.507 e. The number of benzene rings is 3. The molecule has 40 heavy (non-hydrogen) atoms. The van der Waals surface area contributed by atoms with Gasteiger partial charge in [0, 0.05) is 6.20 Å². The lowest BCUT2D eigenvalue weighted by molar-refractivity contribution is 0.00335. The standard InChI is InChI=1S/C26H19N7O6S/c27-33(32-24(35)19-5-1-2-6-20(19)25(32)36)26(37)21-15-17(10-13-22(21)34)30-29-16-8-11-18(12-9-16)40(38,39)31-23-7-3-4-14-28-23/h1-15,34H,27H2,(H,28,31). The lowest BCUT2D eigenvalue weighted by Crippen LogP contribution is -2.53. The van der Waals surface area contributed by atoms with Gasteiger partial charge in [0.05, 0.1) is 33.0 Å². The van der Waals surface area contributed by atoms with Crippen LogP contribution in [0.25, 0.3) is 0 Å². The van der Waals surface area contributed by atoms with Crippen LogP contribution in [-0.2, 0) is 10.0 Å². The Labute approximate surface area is 227 Å². The molecule has 14 heteroatoms. The quantitative estimate of drug-likeness (QED) is 0.101. The van der Waals surface area contributed by atoms with Gasteiger partial charge in [-0.15, -0.1) is 0 Å². The average molecular weight is 558 g/mol. The monoisotopic (exact) mass is 557 g/mol. The maximum Gasteiger partial charge on any atom is 0.291 e. The molecule has 1 aliphatic heterocycles. The first-order chi connectivity index (χ1) is 19.2. The second kappa shape index (κ2) is 10.4. The number of rotatable bonds is 7. The summed E-state index contributed by atoms with van der Waals surface area (Å²) in [7, 11) is -3.88. The van der Waals surface area contributed by atoms with Crippen LogP contribution in [0.5, 0.6) is 5.75 Å². The first-order valence-electron chi connectivity index (χ1n) is 11.5. The Balaban J connectivity index is 1.32. The lowest BCUT2D eigenvalue weighted by Gasteiger charge is -2.25. The van der Waals surface area contributed by atoms with E-state index in [2.05, 4.69) is 19.9 Å². The zero-order chi connectivity index (χ0) is 28.4. The number of carbonyl (C=O) groups excluding carboxylic acids is 3. The number of pyridine rings is 1. The topological polar surface area (TPSA) is 188 Å². The van der Waals surface area contributed by atoms with Crippen molar-refractivity contribution < 1.29 is 27.9 Å². The van der Waals surface area contributed by atoms with E-state index in [9.17, 15) is 27.9 Å². The highest BCUT2D eigenvalue weighted by molar-refractivity contribution is 7.92. The molecule has 2 heterocycles. The fourth-order valence-electron chi connectivity index (χ4n) is 3.77. The fourth-order valence-corrected chi connectivity index (χ4v) is 4.78. The first kappa shape index (κ1) is 26.1. The largest absolute Gasteiger partial charge is 0.507 e. The summed E-state index contributed by atoms with van der Waals surface area (Å²) in [5.74, 6) is 2.93. The van der Waals surface area contributed by atoms with E-state index in [1.54, 1.807) is 24.3 Å². The van der Waals surface area contributed by atoms with Crippen LogP contribution < -0.4 is 10.6 Å². The van der Waals surface area contributed by atoms with Crippen LogP contribution in [0.1, 0.15) is 31.1 Å². The number of phenols is 1. The number of anilines is 1. The van der Waals surface area contributed by atoms with Gasteiger partial charge in [0.1, 0.15) is 11.6 Å². The van der Waals surface area contributed by atoms with E-state index in [-0.39, 0.29) is 33.1 Å². The average Bonchev–Trinajstić information content (AvgIpc) is 3.22. The molecule has 0 fully saturated rings. The number of nitrogens with two attached hydrogens (primary N) is 1. The van der Waals surface area contributed by atoms with Crippen LogP contribution >= 0.6 is 0 Å². The normalized spacial score (nSPS) is 13.0. The van der Waals surface area contributed by atoms with E-state index in [4.69, 9.17) is 5.84 Å². The van der Waals surface area contributed by atoms with Crippen molar-refractivity contribution in [3.63, 3.8) is 0 Å². The van der Waals surface area contributed by atoms with E-state index >= 15 is 0 Å². The van der Waals surface area contributed by atoms with Crippen molar-refractivity contribution in [2.45, 2.75) is 4.90 Å². The summed E-state index contributed by atoms with van der Waals surface area (Å²) in [6.45, 7) is 0. The number of imide groups is 1. The number of hydrazine groups is 2. The SMILES string of the molecule is NN(C(=O)c1cc(N=Nc2ccc(S(=O)(=O)Nc3ccccn3)cc2)ccc1O)N1C(=O)c2ccccc2C1=O. The summed E-state index contributed by atoms with van der Waals surface area (Å²) >= 11 is 0. The Hall–Kier alpha value is -5.47. The molecular weight excluding hydrogens is 538 g/mol. The summed E-state index contributed by atoms with van der Waals surface area (Å²) in [4.78, 5) is 42.3. The molecule has 0 aliphatic carbocycles. The van der Waals surface area contributed by atoms with E-state index in [0.717, 1.165) is 0 Å². The van der Waals surface area contributed by atoms with Gasteiger partial charge < -0.3 is 5.11 Å². The molecule has 200 valence electrons. The van der Waals surface area contributed by atoms with Gasteiger partial charge in [-0.2, -0.15) is 20.4 Å². The zero-order valence-electron chi connectivity index (χ0n) is 20.4. The second-order valence-electron chi connectivity index (χ2n) is 8.33. The summed E-state index contributed by atoms with van der Waals surface area (Å²) in [5.41, 5.74) is 0.273. The molecule has 0 bridgehead atoms. The number of fused-ring (bicyclic) bond motifs is 1. The van der Waals surface area contributed by atoms with Crippen LogP contribution in [0.4, 0.5) is 17.2 Å². The van der Waals surface area contributed by atoms with Gasteiger partial charge in [0.15, 0.2) is 0 Å². The molecular formula is C26H19N7O6S. The van der Waals surface area contributed by atoms with Gasteiger partial charge in [0.2, 0.25) is 0 Å². The molecule has 0 unspecified atom stereocenters. The number of aromatic hydroxyl groups is 1. The minimum atomic E-state index is -3.88. The van der Waals surface area contributed by atoms with Crippen LogP contribution in [-0.4, -0.2) is 46.4 Å². The first-order valence-corrected chi connectivity index (χ1v) is 13.0. The summed E-state index contributed by atoms with van der Waals surface area (Å²) < 4.78 is 27.5. The molecule has 5 rings (SSSR count). The Morgan fingerprint density at radius 3 is 2.10 bits per heavy atom. The second-order valence-corrected chi connectivity index (χ2v) is 10.0. The predicted octanol–water partition coefficient (Wildman–Crippen LogP) is 3.53. The van der Waals surface area contributed by atoms with Crippen LogP contribution in [0.2, 0.25) is 0 Å². The van der Waals surface area contributed by atoms with E-state index in [1.165, 1.54) is 66.9 Å². The Morgan fingerprint density at radius 1 is 0.875 bits per heavy atom. The van der Waals surface area contributed by atoms with Crippen LogP contribution in [0, 0.1) is 0 Å². The summed E-state index contributed by atoms with van der Waals surface area (Å²) in [6.07, 6.45) is 1.46. The van der Waals surface area contributed by atoms with Gasteiger partial charge >= 0.3 is 0 Å². The van der Waals surface area contributed by atoms with Crippen molar-refractivity contribution >= 4 is 44.9 Å². The number of nitrogens with zero attached hydrogens (tertiary/aromatic N) is 5. The summed E-state index contributed by atoms with van der Waals surface area (Å²) in [5, 5.41) is 19.1. The van der Waals surface area contributed by atoms with Gasteiger partial charge in [-0.3, -0.25) is 19.1 Å². The molecule has 0 saturated carbocycles. The zero-order valence-corrected chi connectivity index (χ0v) is 21.2. The van der Waals surface area contributed by atoms with Gasteiger partial charge in [-0.05, 0) is 66.7 Å². The predicted molar refractivity (Wildman–Crippen MR) is 141 cm³/mol. The van der Waals surface area contributed by atoms with E-state index in [1.807, 2.05) is 0 Å². The van der Waals surface area contributed by atoms with Gasteiger partial charge in [-0.25, -0.2) is 19.2 Å². The molecule has 13 nitrogen and oxygen atoms in total. The van der Waals surface area contributed by atoms with Gasteiger partial charge in [-0.1, -0.05) is 18.2 Å². The van der Waals surface area contributed by atoms with E-state index in [0.29, 0.717) is 15.8 Å². The molecule has 0 atom stereocenters. The maximum atomic E-state index is 13.0. The highest BCUT2D eigenvalue weighted by atomic mass is 32.2. The Bertz CT molecular complexity index is 1740.